The molecular formula is C11H13BrN2O2S. The molecule has 0 fully saturated rings. The van der Waals surface area contributed by atoms with Gasteiger partial charge >= 0.3 is 0 Å². The largest absolute Gasteiger partial charge is 0.398 e. The Bertz CT molecular complexity index is 574. The van der Waals surface area contributed by atoms with Crippen molar-refractivity contribution in [1.29, 1.82) is 0 Å². The van der Waals surface area contributed by atoms with Crippen molar-refractivity contribution in [2.45, 2.75) is 24.3 Å². The second-order valence-electron chi connectivity index (χ2n) is 4.06. The van der Waals surface area contributed by atoms with Crippen LogP contribution in [0.5, 0.6) is 0 Å². The number of nitrogens with one attached hydrogen (secondary N) is 1. The lowest BCUT2D eigenvalue weighted by Crippen LogP contribution is -2.42. The molecule has 0 atom stereocenters. The quantitative estimate of drug-likeness (QED) is 0.659. The first-order valence-electron chi connectivity index (χ1n) is 4.75. The lowest BCUT2D eigenvalue weighted by atomic mass is 10.1. The maximum atomic E-state index is 12.0. The first-order chi connectivity index (χ1) is 7.68. The second kappa shape index (κ2) is 4.69. The van der Waals surface area contributed by atoms with Gasteiger partial charge in [0.15, 0.2) is 0 Å². The average molecular weight is 317 g/mol. The summed E-state index contributed by atoms with van der Waals surface area (Å²) in [5, 5.41) is 0. The first-order valence-corrected chi connectivity index (χ1v) is 7.02. The van der Waals surface area contributed by atoms with Crippen molar-refractivity contribution >= 4 is 31.6 Å². The Morgan fingerprint density at radius 2 is 2.06 bits per heavy atom. The van der Waals surface area contributed by atoms with E-state index in [0.29, 0.717) is 4.47 Å². The van der Waals surface area contributed by atoms with Gasteiger partial charge in [-0.15, -0.1) is 6.42 Å². The van der Waals surface area contributed by atoms with Crippen LogP contribution in [0.3, 0.4) is 0 Å². The molecule has 0 saturated carbocycles. The third-order valence-electron chi connectivity index (χ3n) is 2.01. The number of rotatable bonds is 3. The average Bonchev–Trinajstić information content (AvgIpc) is 2.15. The van der Waals surface area contributed by atoms with Crippen LogP contribution in [0.15, 0.2) is 27.6 Å². The van der Waals surface area contributed by atoms with Crippen LogP contribution < -0.4 is 10.5 Å². The Kier molecular flexibility index (Phi) is 3.87. The summed E-state index contributed by atoms with van der Waals surface area (Å²) in [5.41, 5.74) is 4.87. The Morgan fingerprint density at radius 1 is 1.47 bits per heavy atom. The zero-order chi connectivity index (χ0) is 13.3. The molecule has 92 valence electrons. The topological polar surface area (TPSA) is 72.2 Å². The summed E-state index contributed by atoms with van der Waals surface area (Å²) in [6, 6.07) is 4.56. The highest BCUT2D eigenvalue weighted by Crippen LogP contribution is 2.23. The van der Waals surface area contributed by atoms with Crippen molar-refractivity contribution in [2.75, 3.05) is 5.73 Å². The van der Waals surface area contributed by atoms with Gasteiger partial charge in [-0.3, -0.25) is 0 Å². The van der Waals surface area contributed by atoms with Crippen LogP contribution in [-0.4, -0.2) is 14.0 Å². The molecule has 1 rings (SSSR count). The third-order valence-corrected chi connectivity index (χ3v) is 4.23. The third kappa shape index (κ3) is 3.46. The van der Waals surface area contributed by atoms with E-state index in [4.69, 9.17) is 12.2 Å². The van der Waals surface area contributed by atoms with E-state index in [-0.39, 0.29) is 10.6 Å². The molecule has 0 amide bonds. The van der Waals surface area contributed by atoms with Gasteiger partial charge in [-0.1, -0.05) is 21.9 Å². The Hall–Kier alpha value is -1.03. The molecule has 6 heteroatoms. The van der Waals surface area contributed by atoms with Gasteiger partial charge in [-0.2, -0.15) is 4.72 Å². The zero-order valence-corrected chi connectivity index (χ0v) is 11.9. The summed E-state index contributed by atoms with van der Waals surface area (Å²) in [4.78, 5) is 0.0176. The lowest BCUT2D eigenvalue weighted by molar-refractivity contribution is 0.539. The summed E-state index contributed by atoms with van der Waals surface area (Å²) < 4.78 is 27.2. The molecule has 1 aromatic carbocycles. The standard InChI is InChI=1S/C11H13BrN2O2S/c1-4-11(2,3)14-17(15,16)10-6-5-8(12)7-9(10)13/h1,5-7,14H,13H2,2-3H3. The number of nitrogen functional groups attached to an aromatic ring is 1. The second-order valence-corrected chi connectivity index (χ2v) is 6.62. The van der Waals surface area contributed by atoms with Crippen LogP contribution in [-0.2, 0) is 10.0 Å². The van der Waals surface area contributed by atoms with E-state index >= 15 is 0 Å². The number of benzene rings is 1. The molecule has 0 unspecified atom stereocenters. The van der Waals surface area contributed by atoms with E-state index < -0.39 is 15.6 Å². The van der Waals surface area contributed by atoms with Crippen molar-refractivity contribution < 1.29 is 8.42 Å². The predicted octanol–water partition coefficient (Wildman–Crippen LogP) is 1.72. The minimum atomic E-state index is -3.72. The van der Waals surface area contributed by atoms with Gasteiger partial charge in [0.1, 0.15) is 4.90 Å². The van der Waals surface area contributed by atoms with Gasteiger partial charge in [0.2, 0.25) is 10.0 Å². The molecule has 0 heterocycles. The van der Waals surface area contributed by atoms with E-state index in [1.165, 1.54) is 12.1 Å². The molecular weight excluding hydrogens is 304 g/mol. The number of hydrogen-bond acceptors (Lipinski definition) is 3. The number of sulfonamides is 1. The van der Waals surface area contributed by atoms with Crippen LogP contribution in [0.25, 0.3) is 0 Å². The van der Waals surface area contributed by atoms with Crippen molar-refractivity contribution in [3.63, 3.8) is 0 Å². The molecule has 17 heavy (non-hydrogen) atoms. The van der Waals surface area contributed by atoms with Crippen molar-refractivity contribution in [3.8, 4) is 12.3 Å². The fourth-order valence-electron chi connectivity index (χ4n) is 1.18. The maximum Gasteiger partial charge on any atom is 0.243 e. The highest BCUT2D eigenvalue weighted by molar-refractivity contribution is 9.10. The summed E-state index contributed by atoms with van der Waals surface area (Å²) in [5.74, 6) is 2.36. The van der Waals surface area contributed by atoms with Crippen molar-refractivity contribution in [1.82, 2.24) is 4.72 Å². The first kappa shape index (κ1) is 14.0. The fourth-order valence-corrected chi connectivity index (χ4v) is 3.02. The molecule has 0 aliphatic carbocycles. The van der Waals surface area contributed by atoms with E-state index in [0.717, 1.165) is 0 Å². The highest BCUT2D eigenvalue weighted by atomic mass is 79.9. The van der Waals surface area contributed by atoms with Gasteiger partial charge in [0, 0.05) is 4.47 Å². The predicted molar refractivity (Wildman–Crippen MR) is 71.8 cm³/mol. The lowest BCUT2D eigenvalue weighted by Gasteiger charge is -2.20. The molecule has 0 aliphatic heterocycles. The number of nitrogens with two attached hydrogens (primary N) is 1. The normalized spacial score (nSPS) is 12.1. The molecule has 3 N–H and O–H groups in total. The minimum Gasteiger partial charge on any atom is -0.398 e. The summed E-state index contributed by atoms with van der Waals surface area (Å²) in [6.07, 6.45) is 5.24. The van der Waals surface area contributed by atoms with Crippen LogP contribution in [0.2, 0.25) is 0 Å². The summed E-state index contributed by atoms with van der Waals surface area (Å²) in [6.45, 7) is 3.19. The van der Waals surface area contributed by atoms with Crippen LogP contribution >= 0.6 is 15.9 Å². The van der Waals surface area contributed by atoms with Gasteiger partial charge in [0.25, 0.3) is 0 Å². The molecule has 1 aromatic rings. The van der Waals surface area contributed by atoms with Crippen molar-refractivity contribution in [3.05, 3.63) is 22.7 Å². The molecule has 0 saturated heterocycles. The maximum absolute atomic E-state index is 12.0. The van der Waals surface area contributed by atoms with Gasteiger partial charge in [-0.05, 0) is 32.0 Å². The van der Waals surface area contributed by atoms with E-state index in [1.54, 1.807) is 19.9 Å². The van der Waals surface area contributed by atoms with Crippen LogP contribution in [0.1, 0.15) is 13.8 Å². The number of anilines is 1. The van der Waals surface area contributed by atoms with Gasteiger partial charge < -0.3 is 5.73 Å². The number of terminal acetylenes is 1. The molecule has 4 nitrogen and oxygen atoms in total. The summed E-state index contributed by atoms with van der Waals surface area (Å²) >= 11 is 3.21. The summed E-state index contributed by atoms with van der Waals surface area (Å²) in [7, 11) is -3.72. The van der Waals surface area contributed by atoms with Crippen LogP contribution in [0.4, 0.5) is 5.69 Å². The zero-order valence-electron chi connectivity index (χ0n) is 9.49. The van der Waals surface area contributed by atoms with E-state index in [1.807, 2.05) is 0 Å². The fraction of sp³-hybridized carbons (Fsp3) is 0.273. The molecule has 0 spiro atoms. The minimum absolute atomic E-state index is 0.0176. The Morgan fingerprint density at radius 3 is 2.53 bits per heavy atom. The smallest absolute Gasteiger partial charge is 0.243 e. The molecule has 0 aliphatic rings. The monoisotopic (exact) mass is 316 g/mol. The number of hydrogen-bond donors (Lipinski definition) is 2. The Balaban J connectivity index is 3.20. The van der Waals surface area contributed by atoms with Gasteiger partial charge in [0.05, 0.1) is 11.2 Å². The highest BCUT2D eigenvalue weighted by Gasteiger charge is 2.25. The van der Waals surface area contributed by atoms with E-state index in [9.17, 15) is 8.42 Å². The molecule has 0 aromatic heterocycles. The van der Waals surface area contributed by atoms with E-state index in [2.05, 4.69) is 26.6 Å². The SMILES string of the molecule is C#CC(C)(C)NS(=O)(=O)c1ccc(Br)cc1N. The van der Waals surface area contributed by atoms with Gasteiger partial charge in [-0.25, -0.2) is 8.42 Å². The molecule has 0 radical (unpaired) electrons. The Labute approximate surface area is 110 Å². The van der Waals surface area contributed by atoms with Crippen molar-refractivity contribution in [2.24, 2.45) is 0 Å². The molecule has 0 bridgehead atoms. The van der Waals surface area contributed by atoms with Crippen LogP contribution in [0, 0.1) is 12.3 Å². The number of halogens is 1.